The molecule has 0 amide bonds. The Hall–Kier alpha value is -5.82. The number of ether oxygens (including phenoxy) is 10. The summed E-state index contributed by atoms with van der Waals surface area (Å²) in [5, 5.41) is 6.76. The highest BCUT2D eigenvalue weighted by atomic mass is 31.1. The van der Waals surface area contributed by atoms with Crippen LogP contribution >= 0.6 is 15.8 Å². The van der Waals surface area contributed by atoms with Crippen LogP contribution in [-0.4, -0.2) is 56.2 Å². The molecule has 0 bridgehead atoms. The first kappa shape index (κ1) is 69.1. The van der Waals surface area contributed by atoms with Crippen molar-refractivity contribution in [1.29, 1.82) is 0 Å². The molecule has 0 spiro atoms. The van der Waals surface area contributed by atoms with Crippen molar-refractivity contribution in [1.82, 2.24) is 0 Å². The molecular weight excluding hydrogens is 1150 g/mol. The van der Waals surface area contributed by atoms with E-state index in [1.165, 1.54) is 0 Å². The number of fused-ring (bicyclic) bond motifs is 2. The zero-order chi connectivity index (χ0) is 66.4. The summed E-state index contributed by atoms with van der Waals surface area (Å²) in [4.78, 5) is 0. The molecule has 0 saturated heterocycles. The zero-order valence-electron chi connectivity index (χ0n) is 59.9. The predicted octanol–water partition coefficient (Wildman–Crippen LogP) is 16.7. The fourth-order valence-electron chi connectivity index (χ4n) is 12.5. The molecule has 89 heavy (non-hydrogen) atoms. The van der Waals surface area contributed by atoms with Crippen LogP contribution in [0.4, 0.5) is 0 Å². The van der Waals surface area contributed by atoms with Crippen molar-refractivity contribution in [2.75, 3.05) is 56.2 Å². The van der Waals surface area contributed by atoms with Crippen molar-refractivity contribution in [2.24, 2.45) is 0 Å². The summed E-state index contributed by atoms with van der Waals surface area (Å²) >= 11 is 0. The van der Waals surface area contributed by atoms with Gasteiger partial charge in [0.1, 0.15) is 23.0 Å². The van der Waals surface area contributed by atoms with Gasteiger partial charge in [-0.15, -0.1) is 0 Å². The lowest BCUT2D eigenvalue weighted by Gasteiger charge is -2.35. The molecule has 2 aliphatic rings. The molecule has 0 N–H and O–H groups in total. The maximum Gasteiger partial charge on any atom is 0.231 e. The molecule has 2 aliphatic heterocycles. The van der Waals surface area contributed by atoms with Gasteiger partial charge in [-0.1, -0.05) is 166 Å². The van der Waals surface area contributed by atoms with E-state index in [1.807, 2.05) is 28.4 Å². The van der Waals surface area contributed by atoms with Gasteiger partial charge in [0.05, 0.1) is 42.7 Å². The van der Waals surface area contributed by atoms with Gasteiger partial charge in [0, 0.05) is 62.1 Å². The number of benzene rings is 6. The van der Waals surface area contributed by atoms with Crippen LogP contribution < -0.4 is 79.2 Å². The molecule has 0 unspecified atom stereocenters. The summed E-state index contributed by atoms with van der Waals surface area (Å²) in [7, 11) is 7.61. The first-order valence-electron chi connectivity index (χ1n) is 31.5. The molecule has 12 heteroatoms. The van der Waals surface area contributed by atoms with Crippen LogP contribution in [0.1, 0.15) is 222 Å². The Morgan fingerprint density at radius 1 is 0.281 bits per heavy atom. The predicted molar refractivity (Wildman–Crippen MR) is 374 cm³/mol. The maximum absolute atomic E-state index is 6.94. The van der Waals surface area contributed by atoms with Crippen molar-refractivity contribution >= 4 is 47.7 Å². The second kappa shape index (κ2) is 24.3. The van der Waals surface area contributed by atoms with Crippen LogP contribution in [0.25, 0.3) is 0 Å². The molecule has 0 fully saturated rings. The smallest absolute Gasteiger partial charge is 0.231 e. The summed E-state index contributed by atoms with van der Waals surface area (Å²) in [6.45, 7) is 54.8. The van der Waals surface area contributed by atoms with Gasteiger partial charge in [-0.3, -0.25) is 0 Å². The van der Waals surface area contributed by atoms with Crippen molar-refractivity contribution in [3.05, 3.63) is 116 Å². The number of hydrogen-bond acceptors (Lipinski definition) is 10. The van der Waals surface area contributed by atoms with Gasteiger partial charge in [0.2, 0.25) is 25.1 Å². The minimum atomic E-state index is -1.53. The molecule has 484 valence electrons. The molecule has 0 aliphatic carbocycles. The normalized spacial score (nSPS) is 14.0. The third-order valence-electron chi connectivity index (χ3n) is 17.3. The first-order chi connectivity index (χ1) is 40.9. The lowest BCUT2D eigenvalue weighted by atomic mass is 9.79. The average molecular weight is 1250 g/mol. The first-order valence-corrected chi connectivity index (χ1v) is 34.2. The third kappa shape index (κ3) is 13.5. The van der Waals surface area contributed by atoms with E-state index in [1.54, 1.807) is 14.2 Å². The second-order valence-corrected chi connectivity index (χ2v) is 36.8. The lowest BCUT2D eigenvalue weighted by molar-refractivity contribution is 0.170. The van der Waals surface area contributed by atoms with Gasteiger partial charge in [0.25, 0.3) is 0 Å². The summed E-state index contributed by atoms with van der Waals surface area (Å²) in [5.41, 5.74) is 8.50. The molecule has 8 rings (SSSR count). The van der Waals surface area contributed by atoms with Crippen LogP contribution in [0, 0.1) is 0 Å². The van der Waals surface area contributed by atoms with E-state index >= 15 is 0 Å². The molecule has 6 aromatic rings. The SMILES string of the molecule is COc1cc(P(c2cc(C(C)(C)C)c(OC)c(C(C)(C)C)c2)c2cc(C(C)(C)C)c(OC)c(C(C)(C)C)c2)c(Cc2c(P(c3cc(C(C)(C)C)c(OC)c(C(C)(C)C)c3)c3cc(C(C)(C)C)c(OC)c(C(C)(C)C)c3)cc(OC)c3c2OCO3)c2c1OCO2. The van der Waals surface area contributed by atoms with Crippen molar-refractivity contribution in [2.45, 2.75) is 216 Å². The van der Waals surface area contributed by atoms with Gasteiger partial charge in [-0.2, -0.15) is 0 Å². The highest BCUT2D eigenvalue weighted by Gasteiger charge is 2.41. The fraction of sp³-hybridized carbons (Fsp3) is 0.532. The summed E-state index contributed by atoms with van der Waals surface area (Å²) in [5.74, 6) is 7.20. The van der Waals surface area contributed by atoms with E-state index in [4.69, 9.17) is 47.4 Å². The van der Waals surface area contributed by atoms with Crippen LogP contribution in [0.3, 0.4) is 0 Å². The van der Waals surface area contributed by atoms with E-state index in [2.05, 4.69) is 227 Å². The van der Waals surface area contributed by atoms with Crippen LogP contribution in [0.5, 0.6) is 57.5 Å². The minimum Gasteiger partial charge on any atom is -0.496 e. The van der Waals surface area contributed by atoms with Crippen molar-refractivity contribution < 1.29 is 47.4 Å². The van der Waals surface area contributed by atoms with E-state index in [-0.39, 0.29) is 56.9 Å². The monoisotopic (exact) mass is 1250 g/mol. The summed E-state index contributed by atoms with van der Waals surface area (Å²) in [6.07, 6.45) is 0.347. The van der Waals surface area contributed by atoms with Gasteiger partial charge >= 0.3 is 0 Å². The molecule has 0 atom stereocenters. The fourth-order valence-corrected chi connectivity index (χ4v) is 17.7. The van der Waals surface area contributed by atoms with Gasteiger partial charge in [0.15, 0.2) is 23.0 Å². The lowest BCUT2D eigenvalue weighted by Crippen LogP contribution is -2.31. The number of hydrogen-bond donors (Lipinski definition) is 0. The Morgan fingerprint density at radius 2 is 0.472 bits per heavy atom. The van der Waals surface area contributed by atoms with Gasteiger partial charge in [-0.25, -0.2) is 0 Å². The van der Waals surface area contributed by atoms with E-state index in [0.717, 1.165) is 110 Å². The molecular formula is C77H106O10P2. The molecule has 10 nitrogen and oxygen atoms in total. The minimum absolute atomic E-state index is 0.0176. The Labute approximate surface area is 538 Å². The summed E-state index contributed by atoms with van der Waals surface area (Å²) < 4.78 is 66.0. The van der Waals surface area contributed by atoms with E-state index < -0.39 is 15.8 Å². The quantitative estimate of drug-likeness (QED) is 0.0982. The van der Waals surface area contributed by atoms with Crippen molar-refractivity contribution in [3.8, 4) is 57.5 Å². The Balaban J connectivity index is 1.64. The van der Waals surface area contributed by atoms with Crippen molar-refractivity contribution in [3.63, 3.8) is 0 Å². The van der Waals surface area contributed by atoms with Gasteiger partial charge < -0.3 is 47.4 Å². The van der Waals surface area contributed by atoms with Crippen LogP contribution in [0.2, 0.25) is 0 Å². The maximum atomic E-state index is 6.94. The van der Waals surface area contributed by atoms with E-state index in [9.17, 15) is 0 Å². The average Bonchev–Trinajstić information content (AvgIpc) is 2.26. The van der Waals surface area contributed by atoms with Gasteiger partial charge in [-0.05, 0) is 152 Å². The Morgan fingerprint density at radius 3 is 0.640 bits per heavy atom. The Bertz CT molecular complexity index is 3100. The number of methoxy groups -OCH3 is 6. The standard InChI is InChI=1S/C77H106O10P2/c1-70(2,3)50-31-44(32-51(64(50)80-27)71(4,5)6)88(45-33-52(72(7,8)9)65(81-28)53(34-45)73(10,11)12)60-40-58(78-25)68-62(84-42-86-68)48(60)39-49-61(41-59(79-26)69-63(49)85-43-87-69)89(46-35-54(74(13,14)15)66(82-29)55(36-46)75(16,17)18)47-37-56(76(19,20)21)67(83-30)57(38-47)77(22,23)24/h31-38,40-41H,39,42-43H2,1-30H3. The highest BCUT2D eigenvalue weighted by Crippen LogP contribution is 2.56. The molecule has 6 aromatic carbocycles. The van der Waals surface area contributed by atoms with E-state index in [0.29, 0.717) is 40.9 Å². The number of rotatable bonds is 14. The van der Waals surface area contributed by atoms with Crippen LogP contribution in [0.15, 0.2) is 60.7 Å². The summed E-state index contributed by atoms with van der Waals surface area (Å²) in [6, 6.07) is 23.8. The third-order valence-corrected chi connectivity index (χ3v) is 22.1. The molecule has 0 aromatic heterocycles. The largest absolute Gasteiger partial charge is 0.496 e. The zero-order valence-corrected chi connectivity index (χ0v) is 61.7. The highest BCUT2D eigenvalue weighted by molar-refractivity contribution is 7.80. The van der Waals surface area contributed by atoms with Crippen LogP contribution in [-0.2, 0) is 49.7 Å². The molecule has 2 heterocycles. The molecule has 0 radical (unpaired) electrons. The topological polar surface area (TPSA) is 92.3 Å². The Kier molecular flexibility index (Phi) is 18.9. The molecule has 0 saturated carbocycles. The second-order valence-electron chi connectivity index (χ2n) is 32.4.